The van der Waals surface area contributed by atoms with E-state index in [0.29, 0.717) is 23.7 Å². The molecule has 1 heterocycles. The molecule has 1 aromatic heterocycles. The van der Waals surface area contributed by atoms with E-state index in [-0.39, 0.29) is 23.9 Å². The number of hydrogen-bond donors (Lipinski definition) is 2. The number of para-hydroxylation sites is 2. The van der Waals surface area contributed by atoms with Gasteiger partial charge in [0, 0.05) is 33.9 Å². The summed E-state index contributed by atoms with van der Waals surface area (Å²) in [4.78, 5) is 12.8. The molecule has 42 heavy (non-hydrogen) atoms. The number of rotatable bonds is 11. The van der Waals surface area contributed by atoms with Crippen LogP contribution in [0.5, 0.6) is 0 Å². The van der Waals surface area contributed by atoms with Crippen LogP contribution in [0.2, 0.25) is 0 Å². The zero-order valence-corrected chi connectivity index (χ0v) is 25.0. The molecule has 5 rings (SSSR count). The van der Waals surface area contributed by atoms with Crippen LogP contribution in [-0.2, 0) is 16.6 Å². The SMILES string of the molecule is Cc1ccc(S(=O)(=O)N(CC(O)Cn2c3ccccc3c3ccccc32)c2ccc(C(=O)NCCC(C)C)cc2)cc1. The third-order valence-corrected chi connectivity index (χ3v) is 9.29. The van der Waals surface area contributed by atoms with Crippen LogP contribution in [-0.4, -0.2) is 43.2 Å². The predicted octanol–water partition coefficient (Wildman–Crippen LogP) is 6.14. The van der Waals surface area contributed by atoms with Gasteiger partial charge in [-0.3, -0.25) is 9.10 Å². The van der Waals surface area contributed by atoms with Crippen molar-refractivity contribution in [1.29, 1.82) is 0 Å². The molecule has 218 valence electrons. The van der Waals surface area contributed by atoms with Crippen molar-refractivity contribution >= 4 is 43.4 Å². The molecule has 0 fully saturated rings. The van der Waals surface area contributed by atoms with Crippen LogP contribution < -0.4 is 9.62 Å². The second kappa shape index (κ2) is 12.4. The number of benzene rings is 4. The Kier molecular flexibility index (Phi) is 8.66. The molecular weight excluding hydrogens is 546 g/mol. The maximum atomic E-state index is 14.0. The smallest absolute Gasteiger partial charge is 0.264 e. The molecular formula is C34H37N3O4S. The summed E-state index contributed by atoms with van der Waals surface area (Å²) in [5.74, 6) is 0.267. The van der Waals surface area contributed by atoms with Crippen molar-refractivity contribution in [1.82, 2.24) is 9.88 Å². The second-order valence-corrected chi connectivity index (χ2v) is 13.0. The van der Waals surface area contributed by atoms with Crippen molar-refractivity contribution in [3.8, 4) is 0 Å². The molecule has 1 atom stereocenters. The summed E-state index contributed by atoms with van der Waals surface area (Å²) < 4.78 is 31.2. The van der Waals surface area contributed by atoms with E-state index in [4.69, 9.17) is 0 Å². The van der Waals surface area contributed by atoms with Gasteiger partial charge in [0.05, 0.1) is 29.8 Å². The van der Waals surface area contributed by atoms with Gasteiger partial charge in [-0.05, 0) is 67.8 Å². The Balaban J connectivity index is 1.46. The third kappa shape index (κ3) is 6.20. The number of aliphatic hydroxyl groups excluding tert-OH is 1. The van der Waals surface area contributed by atoms with Gasteiger partial charge in [-0.25, -0.2) is 8.42 Å². The molecule has 0 aliphatic rings. The Bertz CT molecular complexity index is 1740. The highest BCUT2D eigenvalue weighted by atomic mass is 32.2. The summed E-state index contributed by atoms with van der Waals surface area (Å²) >= 11 is 0. The molecule has 0 radical (unpaired) electrons. The first-order valence-electron chi connectivity index (χ1n) is 14.3. The number of aromatic nitrogens is 1. The van der Waals surface area contributed by atoms with E-state index in [9.17, 15) is 18.3 Å². The molecule has 4 aromatic carbocycles. The van der Waals surface area contributed by atoms with Gasteiger partial charge in [0.2, 0.25) is 0 Å². The number of anilines is 1. The van der Waals surface area contributed by atoms with E-state index in [1.165, 1.54) is 4.31 Å². The molecule has 0 spiro atoms. The Hall–Kier alpha value is -4.14. The monoisotopic (exact) mass is 583 g/mol. The highest BCUT2D eigenvalue weighted by Gasteiger charge is 2.28. The van der Waals surface area contributed by atoms with Gasteiger partial charge in [0.1, 0.15) is 0 Å². The molecule has 0 saturated carbocycles. The molecule has 5 aromatic rings. The van der Waals surface area contributed by atoms with Gasteiger partial charge in [-0.1, -0.05) is 67.9 Å². The van der Waals surface area contributed by atoms with E-state index >= 15 is 0 Å². The normalized spacial score (nSPS) is 12.6. The van der Waals surface area contributed by atoms with Crippen LogP contribution in [0, 0.1) is 12.8 Å². The number of aliphatic hydroxyl groups is 1. The number of nitrogens with zero attached hydrogens (tertiary/aromatic N) is 2. The lowest BCUT2D eigenvalue weighted by molar-refractivity contribution is 0.0952. The standard InChI is InChI=1S/C34H37N3O4S/c1-24(2)20-21-35-34(39)26-14-16-27(17-15-26)37(42(40,41)29-18-12-25(3)13-19-29)23-28(38)22-36-32-10-6-4-8-30(32)31-9-5-7-11-33(31)36/h4-19,24,28,38H,20-23H2,1-3H3,(H,35,39). The van der Waals surface area contributed by atoms with Gasteiger partial charge in [0.15, 0.2) is 0 Å². The minimum absolute atomic E-state index is 0.132. The van der Waals surface area contributed by atoms with Crippen LogP contribution in [0.4, 0.5) is 5.69 Å². The lowest BCUT2D eigenvalue weighted by Gasteiger charge is -2.27. The summed E-state index contributed by atoms with van der Waals surface area (Å²) in [6.45, 7) is 6.69. The summed E-state index contributed by atoms with van der Waals surface area (Å²) in [6.07, 6.45) is -0.153. The Morgan fingerprint density at radius 2 is 1.43 bits per heavy atom. The minimum atomic E-state index is -4.02. The fraction of sp³-hybridized carbons (Fsp3) is 0.265. The van der Waals surface area contributed by atoms with E-state index in [1.54, 1.807) is 48.5 Å². The predicted molar refractivity (Wildman–Crippen MR) is 169 cm³/mol. The zero-order valence-electron chi connectivity index (χ0n) is 24.2. The highest BCUT2D eigenvalue weighted by molar-refractivity contribution is 7.92. The average molecular weight is 584 g/mol. The molecule has 0 aliphatic heterocycles. The van der Waals surface area contributed by atoms with Crippen molar-refractivity contribution in [2.24, 2.45) is 5.92 Å². The first-order chi connectivity index (χ1) is 20.1. The molecule has 8 heteroatoms. The number of carbonyl (C=O) groups is 1. The number of aryl methyl sites for hydroxylation is 1. The topological polar surface area (TPSA) is 91.6 Å². The van der Waals surface area contributed by atoms with Crippen molar-refractivity contribution in [2.75, 3.05) is 17.4 Å². The molecule has 0 saturated heterocycles. The van der Waals surface area contributed by atoms with E-state index in [2.05, 4.69) is 31.3 Å². The van der Waals surface area contributed by atoms with Crippen molar-refractivity contribution in [3.05, 3.63) is 108 Å². The fourth-order valence-electron chi connectivity index (χ4n) is 5.20. The zero-order chi connectivity index (χ0) is 29.9. The summed E-state index contributed by atoms with van der Waals surface area (Å²) in [5, 5.41) is 16.5. The summed E-state index contributed by atoms with van der Waals surface area (Å²) in [6, 6.07) is 29.2. The van der Waals surface area contributed by atoms with Gasteiger partial charge in [-0.15, -0.1) is 0 Å². The van der Waals surface area contributed by atoms with Crippen LogP contribution in [0.3, 0.4) is 0 Å². The van der Waals surface area contributed by atoms with Crippen LogP contribution in [0.15, 0.2) is 102 Å². The number of sulfonamides is 1. The van der Waals surface area contributed by atoms with Gasteiger partial charge < -0.3 is 15.0 Å². The molecule has 2 N–H and O–H groups in total. The first-order valence-corrected chi connectivity index (χ1v) is 15.7. The molecule has 0 bridgehead atoms. The lowest BCUT2D eigenvalue weighted by Crippen LogP contribution is -2.39. The van der Waals surface area contributed by atoms with Crippen LogP contribution in [0.1, 0.15) is 36.2 Å². The highest BCUT2D eigenvalue weighted by Crippen LogP contribution is 2.30. The Morgan fingerprint density at radius 3 is 2.00 bits per heavy atom. The number of hydrogen-bond acceptors (Lipinski definition) is 4. The quantitative estimate of drug-likeness (QED) is 0.196. The molecule has 1 unspecified atom stereocenters. The average Bonchev–Trinajstić information content (AvgIpc) is 3.29. The van der Waals surface area contributed by atoms with E-state index in [0.717, 1.165) is 33.8 Å². The summed E-state index contributed by atoms with van der Waals surface area (Å²) in [7, 11) is -4.02. The van der Waals surface area contributed by atoms with Crippen LogP contribution in [0.25, 0.3) is 21.8 Å². The minimum Gasteiger partial charge on any atom is -0.389 e. The van der Waals surface area contributed by atoms with Gasteiger partial charge >= 0.3 is 0 Å². The molecule has 7 nitrogen and oxygen atoms in total. The van der Waals surface area contributed by atoms with Crippen molar-refractivity contribution in [2.45, 2.75) is 44.7 Å². The summed E-state index contributed by atoms with van der Waals surface area (Å²) in [5.41, 5.74) is 3.70. The number of fused-ring (bicyclic) bond motifs is 3. The Morgan fingerprint density at radius 1 is 0.857 bits per heavy atom. The first kappa shape index (κ1) is 29.4. The largest absolute Gasteiger partial charge is 0.389 e. The van der Waals surface area contributed by atoms with Crippen molar-refractivity contribution < 1.29 is 18.3 Å². The number of nitrogens with one attached hydrogen (secondary N) is 1. The molecule has 0 aliphatic carbocycles. The van der Waals surface area contributed by atoms with E-state index < -0.39 is 16.1 Å². The molecule has 1 amide bonds. The van der Waals surface area contributed by atoms with Crippen molar-refractivity contribution in [3.63, 3.8) is 0 Å². The number of carbonyl (C=O) groups excluding carboxylic acids is 1. The second-order valence-electron chi connectivity index (χ2n) is 11.1. The maximum absolute atomic E-state index is 14.0. The van der Waals surface area contributed by atoms with E-state index in [1.807, 2.05) is 47.9 Å². The van der Waals surface area contributed by atoms with Crippen LogP contribution >= 0.6 is 0 Å². The Labute approximate surface area is 247 Å². The lowest BCUT2D eigenvalue weighted by atomic mass is 10.1. The number of amides is 1. The van der Waals surface area contributed by atoms with Gasteiger partial charge in [0.25, 0.3) is 15.9 Å². The van der Waals surface area contributed by atoms with Gasteiger partial charge in [-0.2, -0.15) is 0 Å². The fourth-order valence-corrected chi connectivity index (χ4v) is 6.70. The maximum Gasteiger partial charge on any atom is 0.264 e. The third-order valence-electron chi connectivity index (χ3n) is 7.48.